The van der Waals surface area contributed by atoms with Gasteiger partial charge in [0.15, 0.2) is 15.8 Å². The lowest BCUT2D eigenvalue weighted by atomic mass is 10.1. The van der Waals surface area contributed by atoms with E-state index in [0.29, 0.717) is 27.7 Å². The highest BCUT2D eigenvalue weighted by molar-refractivity contribution is 8.26. The van der Waals surface area contributed by atoms with E-state index in [1.165, 1.54) is 21.3 Å². The molecule has 0 radical (unpaired) electrons. The first-order chi connectivity index (χ1) is 14.5. The number of rotatable bonds is 7. The molecule has 0 aromatic heterocycles. The molecular formula is C21H20N2O5S2. The summed E-state index contributed by atoms with van der Waals surface area (Å²) < 4.78 is 16.4. The van der Waals surface area contributed by atoms with Crippen molar-refractivity contribution >= 4 is 46.2 Å². The molecule has 2 aromatic rings. The maximum absolute atomic E-state index is 12.8. The first-order valence-electron chi connectivity index (χ1n) is 8.88. The SMILES string of the molecule is COc1ccc(/C=C2\SC(=S)N(NC(=O)Cc3ccccc3)C2=O)c(OC)c1OC. The number of ether oxygens (including phenoxy) is 3. The Morgan fingerprint density at radius 3 is 2.40 bits per heavy atom. The maximum atomic E-state index is 12.8. The van der Waals surface area contributed by atoms with E-state index in [1.54, 1.807) is 18.2 Å². The highest BCUT2D eigenvalue weighted by Crippen LogP contribution is 2.42. The Morgan fingerprint density at radius 1 is 1.07 bits per heavy atom. The number of thiocarbonyl (C=S) groups is 1. The van der Waals surface area contributed by atoms with Crippen LogP contribution in [0.15, 0.2) is 47.4 Å². The number of amides is 2. The first-order valence-corrected chi connectivity index (χ1v) is 10.1. The van der Waals surface area contributed by atoms with Crippen LogP contribution in [0, 0.1) is 0 Å². The van der Waals surface area contributed by atoms with Gasteiger partial charge in [-0.3, -0.25) is 15.0 Å². The minimum Gasteiger partial charge on any atom is -0.493 e. The lowest BCUT2D eigenvalue weighted by Crippen LogP contribution is -2.45. The molecule has 1 N–H and O–H groups in total. The molecule has 0 bridgehead atoms. The van der Waals surface area contributed by atoms with Crippen molar-refractivity contribution in [2.75, 3.05) is 21.3 Å². The van der Waals surface area contributed by atoms with E-state index in [4.69, 9.17) is 26.4 Å². The number of hydrogen-bond acceptors (Lipinski definition) is 7. The molecule has 30 heavy (non-hydrogen) atoms. The molecule has 156 valence electrons. The number of nitrogens with zero attached hydrogens (tertiary/aromatic N) is 1. The molecule has 1 aliphatic heterocycles. The number of nitrogens with one attached hydrogen (secondary N) is 1. The van der Waals surface area contributed by atoms with Crippen molar-refractivity contribution in [3.05, 3.63) is 58.5 Å². The molecule has 2 aromatic carbocycles. The highest BCUT2D eigenvalue weighted by Gasteiger charge is 2.34. The normalized spacial score (nSPS) is 14.8. The number of hydrazine groups is 1. The van der Waals surface area contributed by atoms with Crippen molar-refractivity contribution in [2.24, 2.45) is 0 Å². The van der Waals surface area contributed by atoms with Gasteiger partial charge in [0, 0.05) is 5.56 Å². The second-order valence-corrected chi connectivity index (χ2v) is 7.81. The predicted octanol–water partition coefficient (Wildman–Crippen LogP) is 3.19. The maximum Gasteiger partial charge on any atom is 0.285 e. The predicted molar refractivity (Wildman–Crippen MR) is 119 cm³/mol. The molecule has 0 atom stereocenters. The molecule has 1 aliphatic rings. The summed E-state index contributed by atoms with van der Waals surface area (Å²) in [4.78, 5) is 25.5. The Hall–Kier alpha value is -3.04. The second kappa shape index (κ2) is 9.64. The molecule has 9 heteroatoms. The van der Waals surface area contributed by atoms with Crippen molar-refractivity contribution in [1.29, 1.82) is 0 Å². The Kier molecular flexibility index (Phi) is 6.96. The minimum absolute atomic E-state index is 0.139. The van der Waals surface area contributed by atoms with Crippen molar-refractivity contribution in [3.63, 3.8) is 0 Å². The molecule has 1 fully saturated rings. The van der Waals surface area contributed by atoms with Crippen molar-refractivity contribution in [2.45, 2.75) is 6.42 Å². The van der Waals surface area contributed by atoms with Gasteiger partial charge in [0.1, 0.15) is 0 Å². The zero-order valence-electron chi connectivity index (χ0n) is 16.6. The molecule has 1 heterocycles. The molecule has 0 aliphatic carbocycles. The first kappa shape index (κ1) is 21.7. The number of thioether (sulfide) groups is 1. The Balaban J connectivity index is 1.80. The summed E-state index contributed by atoms with van der Waals surface area (Å²) in [5, 5.41) is 1.09. The molecule has 3 rings (SSSR count). The zero-order valence-corrected chi connectivity index (χ0v) is 18.3. The third-order valence-corrected chi connectivity index (χ3v) is 5.56. The number of benzene rings is 2. The van der Waals surface area contributed by atoms with Gasteiger partial charge < -0.3 is 14.2 Å². The van der Waals surface area contributed by atoms with Crippen LogP contribution in [0.3, 0.4) is 0 Å². The average molecular weight is 445 g/mol. The fourth-order valence-electron chi connectivity index (χ4n) is 2.89. The van der Waals surface area contributed by atoms with Crippen LogP contribution in [0.2, 0.25) is 0 Å². The minimum atomic E-state index is -0.414. The van der Waals surface area contributed by atoms with E-state index in [1.807, 2.05) is 30.3 Å². The smallest absolute Gasteiger partial charge is 0.285 e. The molecular weight excluding hydrogens is 424 g/mol. The Morgan fingerprint density at radius 2 is 1.77 bits per heavy atom. The van der Waals surface area contributed by atoms with E-state index < -0.39 is 5.91 Å². The summed E-state index contributed by atoms with van der Waals surface area (Å²) >= 11 is 6.37. The summed E-state index contributed by atoms with van der Waals surface area (Å²) in [7, 11) is 4.54. The van der Waals surface area contributed by atoms with Gasteiger partial charge in [-0.2, -0.15) is 5.01 Å². The van der Waals surface area contributed by atoms with Gasteiger partial charge in [-0.05, 0) is 36.0 Å². The van der Waals surface area contributed by atoms with Crippen LogP contribution in [0.25, 0.3) is 6.08 Å². The van der Waals surface area contributed by atoms with Gasteiger partial charge in [0.05, 0.1) is 32.7 Å². The van der Waals surface area contributed by atoms with E-state index in [0.717, 1.165) is 22.3 Å². The average Bonchev–Trinajstić information content (AvgIpc) is 3.01. The summed E-state index contributed by atoms with van der Waals surface area (Å²) in [6.07, 6.45) is 1.78. The number of hydrogen-bond donors (Lipinski definition) is 1. The Bertz CT molecular complexity index is 1010. The summed E-state index contributed by atoms with van der Waals surface area (Å²) in [5.74, 6) is 0.605. The van der Waals surface area contributed by atoms with E-state index >= 15 is 0 Å². The van der Waals surface area contributed by atoms with E-state index in [2.05, 4.69) is 5.43 Å². The standard InChI is InChI=1S/C21H20N2O5S2/c1-26-15-10-9-14(18(27-2)19(15)28-3)12-16-20(25)23(21(29)30-16)22-17(24)11-13-7-5-4-6-8-13/h4-10,12H,11H2,1-3H3,(H,22,24)/b16-12-. The van der Waals surface area contributed by atoms with Crippen molar-refractivity contribution in [3.8, 4) is 17.2 Å². The lowest BCUT2D eigenvalue weighted by molar-refractivity contribution is -0.132. The van der Waals surface area contributed by atoms with Gasteiger partial charge in [-0.1, -0.05) is 42.1 Å². The van der Waals surface area contributed by atoms with Crippen molar-refractivity contribution in [1.82, 2.24) is 10.4 Å². The van der Waals surface area contributed by atoms with E-state index in [-0.39, 0.29) is 16.6 Å². The molecule has 7 nitrogen and oxygen atoms in total. The third kappa shape index (κ3) is 4.58. The van der Waals surface area contributed by atoms with Gasteiger partial charge in [-0.15, -0.1) is 0 Å². The monoisotopic (exact) mass is 444 g/mol. The number of carbonyl (C=O) groups is 2. The van der Waals surface area contributed by atoms with Crippen LogP contribution in [0.1, 0.15) is 11.1 Å². The summed E-state index contributed by atoms with van der Waals surface area (Å²) in [5.41, 5.74) is 4.03. The van der Waals surface area contributed by atoms with Crippen LogP contribution < -0.4 is 19.6 Å². The highest BCUT2D eigenvalue weighted by atomic mass is 32.2. The van der Waals surface area contributed by atoms with Crippen LogP contribution in [0.5, 0.6) is 17.2 Å². The van der Waals surface area contributed by atoms with Gasteiger partial charge in [0.25, 0.3) is 5.91 Å². The van der Waals surface area contributed by atoms with Gasteiger partial charge >= 0.3 is 0 Å². The summed E-state index contributed by atoms with van der Waals surface area (Å²) in [6, 6.07) is 12.7. The second-order valence-electron chi connectivity index (χ2n) is 6.14. The van der Waals surface area contributed by atoms with Crippen LogP contribution in [-0.4, -0.2) is 42.5 Å². The number of methoxy groups -OCH3 is 3. The van der Waals surface area contributed by atoms with Crippen LogP contribution in [0.4, 0.5) is 0 Å². The summed E-state index contributed by atoms with van der Waals surface area (Å²) in [6.45, 7) is 0. The number of carbonyl (C=O) groups excluding carboxylic acids is 2. The largest absolute Gasteiger partial charge is 0.493 e. The molecule has 0 spiro atoms. The molecule has 2 amide bonds. The fourth-order valence-corrected chi connectivity index (χ4v) is 4.06. The molecule has 1 saturated heterocycles. The van der Waals surface area contributed by atoms with E-state index in [9.17, 15) is 9.59 Å². The van der Waals surface area contributed by atoms with Gasteiger partial charge in [-0.25, -0.2) is 0 Å². The Labute approximate surface area is 184 Å². The lowest BCUT2D eigenvalue weighted by Gasteiger charge is -2.16. The van der Waals surface area contributed by atoms with Crippen LogP contribution in [-0.2, 0) is 16.0 Å². The quantitative estimate of drug-likeness (QED) is 0.519. The molecule has 0 unspecified atom stereocenters. The topological polar surface area (TPSA) is 77.1 Å². The third-order valence-electron chi connectivity index (χ3n) is 4.26. The van der Waals surface area contributed by atoms with Crippen LogP contribution >= 0.6 is 24.0 Å². The van der Waals surface area contributed by atoms with Crippen molar-refractivity contribution < 1.29 is 23.8 Å². The fraction of sp³-hybridized carbons (Fsp3) is 0.190. The zero-order chi connectivity index (χ0) is 21.7. The van der Waals surface area contributed by atoms with Gasteiger partial charge in [0.2, 0.25) is 11.7 Å². The molecule has 0 saturated carbocycles.